The molecular weight excluding hydrogens is 302 g/mol. The zero-order valence-corrected chi connectivity index (χ0v) is 11.0. The van der Waals surface area contributed by atoms with E-state index < -0.39 is 0 Å². The van der Waals surface area contributed by atoms with E-state index in [1.54, 1.807) is 16.9 Å². The van der Waals surface area contributed by atoms with Crippen LogP contribution in [-0.4, -0.2) is 14.8 Å². The fourth-order valence-electron chi connectivity index (χ4n) is 1.70. The van der Waals surface area contributed by atoms with Crippen LogP contribution in [0.15, 0.2) is 47.2 Å². The Morgan fingerprint density at radius 1 is 1.18 bits per heavy atom. The van der Waals surface area contributed by atoms with E-state index in [2.05, 4.69) is 26.0 Å². The highest BCUT2D eigenvalue weighted by molar-refractivity contribution is 9.10. The SMILES string of the molecule is Clc1cnc(-n2ncc3ccccc32)c(Br)c1. The van der Waals surface area contributed by atoms with Crippen LogP contribution in [0.1, 0.15) is 0 Å². The molecular formula is C12H7BrClN3. The number of fused-ring (bicyclic) bond motifs is 1. The summed E-state index contributed by atoms with van der Waals surface area (Å²) < 4.78 is 2.61. The fraction of sp³-hybridized carbons (Fsp3) is 0. The van der Waals surface area contributed by atoms with Gasteiger partial charge in [0.25, 0.3) is 0 Å². The third kappa shape index (κ3) is 1.83. The molecule has 3 aromatic rings. The lowest BCUT2D eigenvalue weighted by atomic mass is 10.2. The van der Waals surface area contributed by atoms with Crippen LogP contribution in [-0.2, 0) is 0 Å². The molecule has 0 aliphatic carbocycles. The number of rotatable bonds is 1. The van der Waals surface area contributed by atoms with E-state index >= 15 is 0 Å². The molecule has 0 saturated heterocycles. The molecule has 0 aliphatic rings. The summed E-state index contributed by atoms with van der Waals surface area (Å²) in [5.41, 5.74) is 1.02. The largest absolute Gasteiger partial charge is 0.235 e. The molecule has 0 radical (unpaired) electrons. The number of nitrogens with zero attached hydrogens (tertiary/aromatic N) is 3. The predicted octanol–water partition coefficient (Wildman–Crippen LogP) is 3.84. The number of benzene rings is 1. The van der Waals surface area contributed by atoms with Gasteiger partial charge in [-0.1, -0.05) is 29.8 Å². The highest BCUT2D eigenvalue weighted by Crippen LogP contribution is 2.24. The maximum atomic E-state index is 5.87. The van der Waals surface area contributed by atoms with Crippen molar-refractivity contribution >= 4 is 38.4 Å². The summed E-state index contributed by atoms with van der Waals surface area (Å²) in [6, 6.07) is 9.79. The summed E-state index contributed by atoms with van der Waals surface area (Å²) in [4.78, 5) is 4.29. The van der Waals surface area contributed by atoms with E-state index in [0.717, 1.165) is 21.2 Å². The van der Waals surface area contributed by atoms with Crippen molar-refractivity contribution in [1.29, 1.82) is 0 Å². The number of aromatic nitrogens is 3. The molecule has 0 aliphatic heterocycles. The van der Waals surface area contributed by atoms with Crippen LogP contribution < -0.4 is 0 Å². The van der Waals surface area contributed by atoms with Crippen LogP contribution in [0.3, 0.4) is 0 Å². The number of pyridine rings is 1. The third-order valence-electron chi connectivity index (χ3n) is 2.47. The minimum absolute atomic E-state index is 0.595. The lowest BCUT2D eigenvalue weighted by molar-refractivity contribution is 0.869. The molecule has 0 amide bonds. The molecule has 0 saturated carbocycles. The highest BCUT2D eigenvalue weighted by atomic mass is 79.9. The van der Waals surface area contributed by atoms with Crippen molar-refractivity contribution in [2.24, 2.45) is 0 Å². The van der Waals surface area contributed by atoms with Crippen LogP contribution >= 0.6 is 27.5 Å². The van der Waals surface area contributed by atoms with Gasteiger partial charge >= 0.3 is 0 Å². The van der Waals surface area contributed by atoms with Crippen LogP contribution in [0, 0.1) is 0 Å². The molecule has 3 nitrogen and oxygen atoms in total. The first-order valence-corrected chi connectivity index (χ1v) is 6.17. The minimum Gasteiger partial charge on any atom is -0.235 e. The number of halogens is 2. The lowest BCUT2D eigenvalue weighted by Crippen LogP contribution is -2.00. The molecule has 84 valence electrons. The van der Waals surface area contributed by atoms with Crippen LogP contribution in [0.2, 0.25) is 5.02 Å². The Morgan fingerprint density at radius 2 is 2.00 bits per heavy atom. The Kier molecular flexibility index (Phi) is 2.61. The number of para-hydroxylation sites is 1. The zero-order valence-electron chi connectivity index (χ0n) is 8.64. The van der Waals surface area contributed by atoms with Crippen molar-refractivity contribution < 1.29 is 0 Å². The predicted molar refractivity (Wildman–Crippen MR) is 71.6 cm³/mol. The first-order valence-electron chi connectivity index (χ1n) is 5.00. The lowest BCUT2D eigenvalue weighted by Gasteiger charge is -2.05. The molecule has 0 bridgehead atoms. The number of hydrogen-bond acceptors (Lipinski definition) is 2. The van der Waals surface area contributed by atoms with Gasteiger partial charge in [-0.15, -0.1) is 0 Å². The van der Waals surface area contributed by atoms with Gasteiger partial charge in [0.05, 0.1) is 21.2 Å². The Morgan fingerprint density at radius 3 is 2.82 bits per heavy atom. The maximum Gasteiger partial charge on any atom is 0.168 e. The monoisotopic (exact) mass is 307 g/mol. The Bertz CT molecular complexity index is 693. The summed E-state index contributed by atoms with van der Waals surface area (Å²) >= 11 is 9.32. The quantitative estimate of drug-likeness (QED) is 0.684. The minimum atomic E-state index is 0.595. The summed E-state index contributed by atoms with van der Waals surface area (Å²) in [6.07, 6.45) is 3.43. The van der Waals surface area contributed by atoms with E-state index in [1.165, 1.54) is 0 Å². The van der Waals surface area contributed by atoms with Gasteiger partial charge in [-0.25, -0.2) is 9.67 Å². The normalized spacial score (nSPS) is 10.9. The van der Waals surface area contributed by atoms with Crippen molar-refractivity contribution in [3.05, 3.63) is 52.2 Å². The molecule has 5 heteroatoms. The van der Waals surface area contributed by atoms with E-state index in [1.807, 2.05) is 30.5 Å². The van der Waals surface area contributed by atoms with E-state index in [4.69, 9.17) is 11.6 Å². The summed E-state index contributed by atoms with van der Waals surface area (Å²) in [6.45, 7) is 0. The average molecular weight is 309 g/mol. The van der Waals surface area contributed by atoms with Crippen LogP contribution in [0.4, 0.5) is 0 Å². The van der Waals surface area contributed by atoms with Gasteiger partial charge in [-0.05, 0) is 28.1 Å². The molecule has 0 N–H and O–H groups in total. The molecule has 0 atom stereocenters. The molecule has 0 fully saturated rings. The second kappa shape index (κ2) is 4.13. The first kappa shape index (κ1) is 10.7. The number of hydrogen-bond donors (Lipinski definition) is 0. The van der Waals surface area contributed by atoms with Gasteiger partial charge in [0.2, 0.25) is 0 Å². The highest BCUT2D eigenvalue weighted by Gasteiger charge is 2.09. The summed E-state index contributed by atoms with van der Waals surface area (Å²) in [5, 5.41) is 6.01. The smallest absolute Gasteiger partial charge is 0.168 e. The Balaban J connectivity index is 2.27. The van der Waals surface area contributed by atoms with Gasteiger partial charge < -0.3 is 0 Å². The molecule has 0 spiro atoms. The Hall–Kier alpha value is -1.39. The van der Waals surface area contributed by atoms with Gasteiger partial charge in [-0.2, -0.15) is 5.10 Å². The fourth-order valence-corrected chi connectivity index (χ4v) is 2.51. The standard InChI is InChI=1S/C12H7BrClN3/c13-10-5-9(14)7-15-12(10)17-11-4-2-1-3-8(11)6-16-17/h1-7H. The van der Waals surface area contributed by atoms with Crippen molar-refractivity contribution in [1.82, 2.24) is 14.8 Å². The molecule has 3 rings (SSSR count). The zero-order chi connectivity index (χ0) is 11.8. The molecule has 17 heavy (non-hydrogen) atoms. The molecule has 0 unspecified atom stereocenters. The van der Waals surface area contributed by atoms with E-state index in [0.29, 0.717) is 5.02 Å². The van der Waals surface area contributed by atoms with Crippen molar-refractivity contribution in [3.63, 3.8) is 0 Å². The van der Waals surface area contributed by atoms with Crippen LogP contribution in [0.25, 0.3) is 16.7 Å². The van der Waals surface area contributed by atoms with Crippen molar-refractivity contribution in [3.8, 4) is 5.82 Å². The Labute approximate surface area is 111 Å². The van der Waals surface area contributed by atoms with Gasteiger partial charge in [0.1, 0.15) is 0 Å². The van der Waals surface area contributed by atoms with Crippen molar-refractivity contribution in [2.45, 2.75) is 0 Å². The molecule has 2 aromatic heterocycles. The molecule has 2 heterocycles. The average Bonchev–Trinajstić information content (AvgIpc) is 2.73. The first-order chi connectivity index (χ1) is 8.25. The summed E-state index contributed by atoms with van der Waals surface area (Å²) in [7, 11) is 0. The maximum absolute atomic E-state index is 5.87. The topological polar surface area (TPSA) is 30.7 Å². The van der Waals surface area contributed by atoms with E-state index in [-0.39, 0.29) is 0 Å². The molecule has 1 aromatic carbocycles. The van der Waals surface area contributed by atoms with Gasteiger partial charge in [0.15, 0.2) is 5.82 Å². The van der Waals surface area contributed by atoms with Crippen LogP contribution in [0.5, 0.6) is 0 Å². The van der Waals surface area contributed by atoms with Crippen molar-refractivity contribution in [2.75, 3.05) is 0 Å². The van der Waals surface area contributed by atoms with Gasteiger partial charge in [0, 0.05) is 11.6 Å². The third-order valence-corrected chi connectivity index (χ3v) is 3.26. The second-order valence-electron chi connectivity index (χ2n) is 3.57. The summed E-state index contributed by atoms with van der Waals surface area (Å²) in [5.74, 6) is 0.732. The van der Waals surface area contributed by atoms with E-state index in [9.17, 15) is 0 Å². The van der Waals surface area contributed by atoms with Gasteiger partial charge in [-0.3, -0.25) is 0 Å². The second-order valence-corrected chi connectivity index (χ2v) is 4.86.